The van der Waals surface area contributed by atoms with Crippen molar-refractivity contribution in [2.45, 2.75) is 52.5 Å². The molecular weight excluding hydrogens is 432 g/mol. The average Bonchev–Trinajstić information content (AvgIpc) is 3.11. The Kier molecular flexibility index (Phi) is 7.97. The highest BCUT2D eigenvalue weighted by atomic mass is 16.5. The van der Waals surface area contributed by atoms with Crippen molar-refractivity contribution < 1.29 is 24.2 Å². The normalized spacial score (nSPS) is 13.5. The van der Waals surface area contributed by atoms with Crippen LogP contribution in [0.3, 0.4) is 0 Å². The number of carbonyl (C=O) groups is 3. The number of amides is 2. The molecule has 0 spiro atoms. The second kappa shape index (κ2) is 10.7. The van der Waals surface area contributed by atoms with Crippen molar-refractivity contribution in [3.05, 3.63) is 59.7 Å². The molecule has 1 atom stereocenters. The van der Waals surface area contributed by atoms with Gasteiger partial charge in [-0.1, -0.05) is 76.2 Å². The summed E-state index contributed by atoms with van der Waals surface area (Å²) >= 11 is 0. The van der Waals surface area contributed by atoms with Gasteiger partial charge in [-0.15, -0.1) is 0 Å². The fourth-order valence-electron chi connectivity index (χ4n) is 4.42. The van der Waals surface area contributed by atoms with Gasteiger partial charge in [0.25, 0.3) is 0 Å². The van der Waals surface area contributed by atoms with Crippen LogP contribution >= 0.6 is 0 Å². The number of carboxylic acid groups (broad SMARTS) is 1. The van der Waals surface area contributed by atoms with Crippen LogP contribution in [0.25, 0.3) is 11.1 Å². The third-order valence-electron chi connectivity index (χ3n) is 6.12. The molecule has 0 aliphatic heterocycles. The Bertz CT molecular complexity index is 998. The first-order valence-corrected chi connectivity index (χ1v) is 11.8. The van der Waals surface area contributed by atoms with Crippen LogP contribution < -0.4 is 5.32 Å². The lowest BCUT2D eigenvalue weighted by atomic mass is 9.85. The summed E-state index contributed by atoms with van der Waals surface area (Å²) < 4.78 is 5.64. The number of nitrogens with one attached hydrogen (secondary N) is 1. The van der Waals surface area contributed by atoms with Crippen LogP contribution in [0, 0.1) is 5.41 Å². The fourth-order valence-corrected chi connectivity index (χ4v) is 4.42. The summed E-state index contributed by atoms with van der Waals surface area (Å²) in [6, 6.07) is 15.3. The van der Waals surface area contributed by atoms with Gasteiger partial charge in [0, 0.05) is 19.0 Å². The maximum Gasteiger partial charge on any atom is 0.407 e. The minimum Gasteiger partial charge on any atom is -0.481 e. The number of nitrogens with zero attached hydrogens (tertiary/aromatic N) is 1. The van der Waals surface area contributed by atoms with E-state index in [0.717, 1.165) is 22.3 Å². The van der Waals surface area contributed by atoms with E-state index in [9.17, 15) is 14.4 Å². The molecule has 1 aliphatic carbocycles. The molecule has 182 valence electrons. The number of ether oxygens (including phenoxy) is 1. The Morgan fingerprint density at radius 1 is 1.00 bits per heavy atom. The molecule has 0 radical (unpaired) electrons. The molecule has 0 aromatic heterocycles. The molecule has 0 unspecified atom stereocenters. The lowest BCUT2D eigenvalue weighted by Gasteiger charge is -2.34. The van der Waals surface area contributed by atoms with Gasteiger partial charge in [-0.25, -0.2) is 4.79 Å². The zero-order valence-corrected chi connectivity index (χ0v) is 20.3. The standard InChI is InChI=1S/C27H34N2O5/c1-5-15-29(16-14-23(30)31)25(32)24(27(2,3)4)28-26(33)34-17-22-20-12-8-6-10-18(20)19-11-7-9-13-21(19)22/h6-13,22,24H,5,14-17H2,1-4H3,(H,28,33)(H,30,31)/t24-/m0/s1. The van der Waals surface area contributed by atoms with Crippen LogP contribution in [0.4, 0.5) is 4.79 Å². The molecule has 2 N–H and O–H groups in total. The number of aliphatic carboxylic acids is 1. The molecule has 34 heavy (non-hydrogen) atoms. The van der Waals surface area contributed by atoms with Gasteiger partial charge in [-0.3, -0.25) is 9.59 Å². The summed E-state index contributed by atoms with van der Waals surface area (Å²) in [6.45, 7) is 8.18. The molecule has 0 bridgehead atoms. The Morgan fingerprint density at radius 3 is 2.06 bits per heavy atom. The zero-order chi connectivity index (χ0) is 24.9. The summed E-state index contributed by atoms with van der Waals surface area (Å²) in [5, 5.41) is 11.8. The highest BCUT2D eigenvalue weighted by molar-refractivity contribution is 5.87. The van der Waals surface area contributed by atoms with Gasteiger partial charge in [0.15, 0.2) is 0 Å². The average molecular weight is 467 g/mol. The van der Waals surface area contributed by atoms with Gasteiger partial charge in [-0.05, 0) is 34.1 Å². The maximum absolute atomic E-state index is 13.3. The lowest BCUT2D eigenvalue weighted by molar-refractivity contribution is -0.140. The minimum atomic E-state index is -0.967. The van der Waals surface area contributed by atoms with E-state index in [4.69, 9.17) is 9.84 Å². The zero-order valence-electron chi connectivity index (χ0n) is 20.3. The van der Waals surface area contributed by atoms with E-state index >= 15 is 0 Å². The third kappa shape index (κ3) is 5.76. The molecule has 7 nitrogen and oxygen atoms in total. The summed E-state index contributed by atoms with van der Waals surface area (Å²) in [4.78, 5) is 38.7. The maximum atomic E-state index is 13.3. The van der Waals surface area contributed by atoms with E-state index in [-0.39, 0.29) is 31.4 Å². The Balaban J connectivity index is 1.71. The topological polar surface area (TPSA) is 95.9 Å². The highest BCUT2D eigenvalue weighted by Gasteiger charge is 2.36. The van der Waals surface area contributed by atoms with Crippen LogP contribution in [0.15, 0.2) is 48.5 Å². The van der Waals surface area contributed by atoms with Crippen LogP contribution in [-0.2, 0) is 14.3 Å². The number of alkyl carbamates (subject to hydrolysis) is 1. The first-order chi connectivity index (χ1) is 16.1. The monoisotopic (exact) mass is 466 g/mol. The Hall–Kier alpha value is -3.35. The molecule has 2 amide bonds. The largest absolute Gasteiger partial charge is 0.481 e. The molecule has 2 aromatic carbocycles. The number of carbonyl (C=O) groups excluding carboxylic acids is 2. The van der Waals surface area contributed by atoms with E-state index in [1.165, 1.54) is 4.90 Å². The molecule has 0 saturated carbocycles. The first-order valence-electron chi connectivity index (χ1n) is 11.8. The van der Waals surface area contributed by atoms with Crippen LogP contribution in [0.5, 0.6) is 0 Å². The van der Waals surface area contributed by atoms with Crippen molar-refractivity contribution in [2.75, 3.05) is 19.7 Å². The van der Waals surface area contributed by atoms with Gasteiger partial charge >= 0.3 is 12.1 Å². The van der Waals surface area contributed by atoms with Crippen molar-refractivity contribution in [1.82, 2.24) is 10.2 Å². The van der Waals surface area contributed by atoms with Crippen molar-refractivity contribution in [3.8, 4) is 11.1 Å². The predicted molar refractivity (Wildman–Crippen MR) is 131 cm³/mol. The molecule has 0 heterocycles. The lowest BCUT2D eigenvalue weighted by Crippen LogP contribution is -2.55. The number of hydrogen-bond donors (Lipinski definition) is 2. The van der Waals surface area contributed by atoms with Gasteiger partial charge < -0.3 is 20.1 Å². The molecule has 7 heteroatoms. The van der Waals surface area contributed by atoms with E-state index in [1.54, 1.807) is 0 Å². The first kappa shape index (κ1) is 25.3. The third-order valence-corrected chi connectivity index (χ3v) is 6.12. The van der Waals surface area contributed by atoms with E-state index in [2.05, 4.69) is 17.4 Å². The predicted octanol–water partition coefficient (Wildman–Crippen LogP) is 4.65. The van der Waals surface area contributed by atoms with Crippen LogP contribution in [0.2, 0.25) is 0 Å². The smallest absolute Gasteiger partial charge is 0.407 e. The van der Waals surface area contributed by atoms with Crippen molar-refractivity contribution in [1.29, 1.82) is 0 Å². The number of benzene rings is 2. The van der Waals surface area contributed by atoms with Crippen LogP contribution in [-0.4, -0.2) is 53.7 Å². The quantitative estimate of drug-likeness (QED) is 0.561. The number of carboxylic acids is 1. The second-order valence-corrected chi connectivity index (χ2v) is 9.74. The molecule has 0 saturated heterocycles. The molecular formula is C27H34N2O5. The summed E-state index contributed by atoms with van der Waals surface area (Å²) in [6.07, 6.45) is -0.120. The van der Waals surface area contributed by atoms with Crippen molar-refractivity contribution in [3.63, 3.8) is 0 Å². The van der Waals surface area contributed by atoms with Crippen molar-refractivity contribution in [2.24, 2.45) is 5.41 Å². The molecule has 3 rings (SSSR count). The minimum absolute atomic E-state index is 0.0749. The van der Waals surface area contributed by atoms with E-state index in [1.807, 2.05) is 64.1 Å². The Morgan fingerprint density at radius 2 is 1.56 bits per heavy atom. The summed E-state index contributed by atoms with van der Waals surface area (Å²) in [5.74, 6) is -1.34. The SMILES string of the molecule is CCCN(CCC(=O)O)C(=O)[C@H](NC(=O)OCC1c2ccccc2-c2ccccc21)C(C)(C)C. The molecule has 2 aromatic rings. The number of rotatable bonds is 9. The number of fused-ring (bicyclic) bond motifs is 3. The van der Waals surface area contributed by atoms with Crippen LogP contribution in [0.1, 0.15) is 57.6 Å². The van der Waals surface area contributed by atoms with E-state index in [0.29, 0.717) is 13.0 Å². The summed E-state index contributed by atoms with van der Waals surface area (Å²) in [5.41, 5.74) is 3.93. The highest BCUT2D eigenvalue weighted by Crippen LogP contribution is 2.44. The Labute approximate surface area is 201 Å². The van der Waals surface area contributed by atoms with Gasteiger partial charge in [0.05, 0.1) is 6.42 Å². The van der Waals surface area contributed by atoms with Gasteiger partial charge in [-0.2, -0.15) is 0 Å². The summed E-state index contributed by atoms with van der Waals surface area (Å²) in [7, 11) is 0. The molecule has 0 fully saturated rings. The second-order valence-electron chi connectivity index (χ2n) is 9.74. The number of hydrogen-bond acceptors (Lipinski definition) is 4. The van der Waals surface area contributed by atoms with Gasteiger partial charge in [0.2, 0.25) is 5.91 Å². The van der Waals surface area contributed by atoms with E-state index < -0.39 is 23.5 Å². The fraction of sp³-hybridized carbons (Fsp3) is 0.444. The molecule has 1 aliphatic rings. The van der Waals surface area contributed by atoms with Gasteiger partial charge in [0.1, 0.15) is 12.6 Å². The van der Waals surface area contributed by atoms with Crippen molar-refractivity contribution >= 4 is 18.0 Å².